The van der Waals surface area contributed by atoms with E-state index in [1.807, 2.05) is 36.1 Å². The smallest absolute Gasteiger partial charge is 0.246 e. The van der Waals surface area contributed by atoms with Crippen molar-refractivity contribution in [1.82, 2.24) is 24.7 Å². The third-order valence-corrected chi connectivity index (χ3v) is 5.88. The Labute approximate surface area is 164 Å². The Balaban J connectivity index is 1.56. The van der Waals surface area contributed by atoms with Gasteiger partial charge in [-0.2, -0.15) is 4.52 Å². The van der Waals surface area contributed by atoms with E-state index in [9.17, 15) is 4.79 Å². The summed E-state index contributed by atoms with van der Waals surface area (Å²) < 4.78 is 1.74. The molecule has 0 bridgehead atoms. The number of benzene rings is 1. The van der Waals surface area contributed by atoms with E-state index in [0.29, 0.717) is 18.0 Å². The van der Waals surface area contributed by atoms with E-state index in [1.54, 1.807) is 4.52 Å². The highest BCUT2D eigenvalue weighted by Crippen LogP contribution is 2.38. The summed E-state index contributed by atoms with van der Waals surface area (Å²) in [5.74, 6) is 2.25. The van der Waals surface area contributed by atoms with Gasteiger partial charge >= 0.3 is 0 Å². The molecular formula is C21H24N6O. The number of aromatic nitrogens is 4. The van der Waals surface area contributed by atoms with Gasteiger partial charge in [0.2, 0.25) is 5.91 Å². The van der Waals surface area contributed by atoms with Gasteiger partial charge in [0.1, 0.15) is 6.04 Å². The van der Waals surface area contributed by atoms with Gasteiger partial charge in [-0.1, -0.05) is 25.1 Å². The van der Waals surface area contributed by atoms with Gasteiger partial charge in [0.05, 0.1) is 0 Å². The molecule has 28 heavy (non-hydrogen) atoms. The van der Waals surface area contributed by atoms with Gasteiger partial charge < -0.3 is 9.80 Å². The number of fused-ring (bicyclic) bond motifs is 2. The van der Waals surface area contributed by atoms with Crippen LogP contribution in [0, 0.1) is 12.8 Å². The average Bonchev–Trinajstić information content (AvgIpc) is 3.28. The highest BCUT2D eigenvalue weighted by molar-refractivity contribution is 5.91. The molecule has 4 heterocycles. The van der Waals surface area contributed by atoms with Crippen LogP contribution in [0.1, 0.15) is 31.2 Å². The van der Waals surface area contributed by atoms with Crippen LogP contribution in [0.3, 0.4) is 0 Å². The summed E-state index contributed by atoms with van der Waals surface area (Å²) in [5, 5.41) is 13.0. The number of nitrogens with zero attached hydrogens (tertiary/aromatic N) is 6. The minimum atomic E-state index is -0.260. The van der Waals surface area contributed by atoms with Crippen molar-refractivity contribution in [1.29, 1.82) is 0 Å². The van der Waals surface area contributed by atoms with Crippen LogP contribution >= 0.6 is 0 Å². The van der Waals surface area contributed by atoms with E-state index >= 15 is 0 Å². The fraction of sp³-hybridized carbons (Fsp3) is 0.429. The second kappa shape index (κ2) is 6.58. The van der Waals surface area contributed by atoms with Crippen LogP contribution < -0.4 is 4.90 Å². The maximum atomic E-state index is 13.5. The molecule has 0 radical (unpaired) electrons. The van der Waals surface area contributed by atoms with Crippen LogP contribution in [0.25, 0.3) is 5.65 Å². The number of aryl methyl sites for hydroxylation is 1. The number of carbonyl (C=O) groups is 1. The Hall–Kier alpha value is -2.96. The molecule has 1 aromatic carbocycles. The van der Waals surface area contributed by atoms with Crippen molar-refractivity contribution >= 4 is 23.1 Å². The lowest BCUT2D eigenvalue weighted by molar-refractivity contribution is -0.134. The molecule has 0 saturated carbocycles. The summed E-state index contributed by atoms with van der Waals surface area (Å²) in [5.41, 5.74) is 2.96. The first kappa shape index (κ1) is 17.2. The number of para-hydroxylation sites is 1. The molecule has 1 saturated heterocycles. The topological polar surface area (TPSA) is 66.6 Å². The molecule has 0 aliphatic carbocycles. The third-order valence-electron chi connectivity index (χ3n) is 5.88. The number of piperidine rings is 1. The Kier molecular flexibility index (Phi) is 4.03. The van der Waals surface area contributed by atoms with E-state index < -0.39 is 0 Å². The van der Waals surface area contributed by atoms with Crippen LogP contribution in [0.15, 0.2) is 36.4 Å². The van der Waals surface area contributed by atoms with Crippen molar-refractivity contribution in [2.75, 3.05) is 18.0 Å². The zero-order valence-corrected chi connectivity index (χ0v) is 16.2. The van der Waals surface area contributed by atoms with Gasteiger partial charge in [-0.3, -0.25) is 4.79 Å². The lowest BCUT2D eigenvalue weighted by Crippen LogP contribution is -2.49. The largest absolute Gasteiger partial charge is 0.341 e. The van der Waals surface area contributed by atoms with E-state index in [2.05, 4.69) is 34.2 Å². The molecule has 2 unspecified atom stereocenters. The molecule has 0 spiro atoms. The monoisotopic (exact) mass is 376 g/mol. The first-order chi connectivity index (χ1) is 13.6. The van der Waals surface area contributed by atoms with Crippen LogP contribution in [0.2, 0.25) is 0 Å². The SMILES string of the molecule is Cc1nnc2ccc(N3c4ccccc4CC3C(=O)N3CCCC(C)C3)nn12. The summed E-state index contributed by atoms with van der Waals surface area (Å²) in [4.78, 5) is 17.6. The van der Waals surface area contributed by atoms with Crippen molar-refractivity contribution in [3.05, 3.63) is 47.8 Å². The number of anilines is 2. The lowest BCUT2D eigenvalue weighted by Gasteiger charge is -2.35. The van der Waals surface area contributed by atoms with Gasteiger partial charge in [-0.15, -0.1) is 15.3 Å². The summed E-state index contributed by atoms with van der Waals surface area (Å²) >= 11 is 0. The van der Waals surface area contributed by atoms with Crippen molar-refractivity contribution < 1.29 is 4.79 Å². The molecule has 2 aliphatic rings. The quantitative estimate of drug-likeness (QED) is 0.688. The number of amides is 1. The van der Waals surface area contributed by atoms with Crippen LogP contribution in [0.5, 0.6) is 0 Å². The Morgan fingerprint density at radius 1 is 1.14 bits per heavy atom. The van der Waals surface area contributed by atoms with E-state index in [4.69, 9.17) is 5.10 Å². The molecule has 7 heteroatoms. The van der Waals surface area contributed by atoms with Crippen molar-refractivity contribution in [3.8, 4) is 0 Å². The molecular weight excluding hydrogens is 352 g/mol. The van der Waals surface area contributed by atoms with Crippen LogP contribution in [0.4, 0.5) is 11.5 Å². The number of hydrogen-bond donors (Lipinski definition) is 0. The summed E-state index contributed by atoms with van der Waals surface area (Å²) in [6, 6.07) is 11.8. The van der Waals surface area contributed by atoms with Crippen LogP contribution in [-0.4, -0.2) is 49.7 Å². The maximum absolute atomic E-state index is 13.5. The summed E-state index contributed by atoms with van der Waals surface area (Å²) in [7, 11) is 0. The molecule has 0 N–H and O–H groups in total. The summed E-state index contributed by atoms with van der Waals surface area (Å²) in [6.07, 6.45) is 2.99. The molecule has 1 fully saturated rings. The highest BCUT2D eigenvalue weighted by Gasteiger charge is 2.39. The fourth-order valence-electron chi connectivity index (χ4n) is 4.48. The van der Waals surface area contributed by atoms with Gasteiger partial charge in [0.15, 0.2) is 17.3 Å². The molecule has 2 aliphatic heterocycles. The third kappa shape index (κ3) is 2.73. The predicted molar refractivity (Wildman–Crippen MR) is 107 cm³/mol. The van der Waals surface area contributed by atoms with E-state index in [0.717, 1.165) is 36.8 Å². The number of carbonyl (C=O) groups excluding carboxylic acids is 1. The molecule has 2 atom stereocenters. The molecule has 144 valence electrons. The van der Waals surface area contributed by atoms with Crippen molar-refractivity contribution in [2.24, 2.45) is 5.92 Å². The van der Waals surface area contributed by atoms with E-state index in [-0.39, 0.29) is 11.9 Å². The standard InChI is InChI=1S/C21H24N6O/c1-14-6-5-11-25(13-14)21(28)18-12-16-7-3-4-8-17(16)26(18)20-10-9-19-23-22-15(2)27(19)24-20/h3-4,7-10,14,18H,5-6,11-13H2,1-2H3. The second-order valence-electron chi connectivity index (χ2n) is 7.96. The average molecular weight is 376 g/mol. The normalized spacial score (nSPS) is 21.9. The van der Waals surface area contributed by atoms with Crippen LogP contribution in [-0.2, 0) is 11.2 Å². The first-order valence-electron chi connectivity index (χ1n) is 9.97. The Morgan fingerprint density at radius 2 is 2.00 bits per heavy atom. The lowest BCUT2D eigenvalue weighted by atomic mass is 9.99. The zero-order valence-electron chi connectivity index (χ0n) is 16.2. The Morgan fingerprint density at radius 3 is 2.86 bits per heavy atom. The molecule has 2 aromatic heterocycles. The minimum Gasteiger partial charge on any atom is -0.341 e. The molecule has 1 amide bonds. The number of rotatable bonds is 2. The highest BCUT2D eigenvalue weighted by atomic mass is 16.2. The minimum absolute atomic E-state index is 0.199. The molecule has 5 rings (SSSR count). The van der Waals surface area contributed by atoms with Crippen molar-refractivity contribution in [2.45, 2.75) is 39.2 Å². The molecule has 3 aromatic rings. The molecule has 7 nitrogen and oxygen atoms in total. The number of hydrogen-bond acceptors (Lipinski definition) is 5. The van der Waals surface area contributed by atoms with E-state index in [1.165, 1.54) is 12.0 Å². The van der Waals surface area contributed by atoms with Crippen molar-refractivity contribution in [3.63, 3.8) is 0 Å². The van der Waals surface area contributed by atoms with Gasteiger partial charge in [-0.05, 0) is 49.4 Å². The fourth-order valence-corrected chi connectivity index (χ4v) is 4.48. The number of likely N-dealkylation sites (tertiary alicyclic amines) is 1. The zero-order chi connectivity index (χ0) is 19.3. The van der Waals surface area contributed by atoms with Gasteiger partial charge in [0, 0.05) is 25.2 Å². The maximum Gasteiger partial charge on any atom is 0.246 e. The Bertz CT molecular complexity index is 1040. The summed E-state index contributed by atoms with van der Waals surface area (Å²) in [6.45, 7) is 5.80. The first-order valence-corrected chi connectivity index (χ1v) is 9.97. The van der Waals surface area contributed by atoms with Gasteiger partial charge in [0.25, 0.3) is 0 Å². The van der Waals surface area contributed by atoms with Gasteiger partial charge in [-0.25, -0.2) is 0 Å². The predicted octanol–water partition coefficient (Wildman–Crippen LogP) is 2.75. The second-order valence-corrected chi connectivity index (χ2v) is 7.96.